The number of aromatic nitrogens is 5. The Hall–Kier alpha value is -2.78. The number of carbonyl (C=O) groups excluding carboxylic acids is 1. The number of pyridine rings is 1. The highest BCUT2D eigenvalue weighted by Crippen LogP contribution is 2.41. The van der Waals surface area contributed by atoms with Gasteiger partial charge in [-0.05, 0) is 56.8 Å². The number of aryl methyl sites for hydroxylation is 1. The second-order valence-electron chi connectivity index (χ2n) is 9.96. The van der Waals surface area contributed by atoms with Gasteiger partial charge in [0.15, 0.2) is 5.65 Å². The van der Waals surface area contributed by atoms with Crippen molar-refractivity contribution in [2.75, 3.05) is 33.7 Å². The summed E-state index contributed by atoms with van der Waals surface area (Å²) in [5.74, 6) is 0.962. The van der Waals surface area contributed by atoms with E-state index < -0.39 is 0 Å². The van der Waals surface area contributed by atoms with Crippen molar-refractivity contribution in [3.8, 4) is 11.3 Å². The second-order valence-corrected chi connectivity index (χ2v) is 11.0. The largest absolute Gasteiger partial charge is 0.348 e. The van der Waals surface area contributed by atoms with E-state index in [2.05, 4.69) is 53.9 Å². The topological polar surface area (TPSA) is 82.4 Å². The Bertz CT molecular complexity index is 1350. The van der Waals surface area contributed by atoms with Crippen molar-refractivity contribution in [3.05, 3.63) is 34.2 Å². The Morgan fingerprint density at radius 3 is 2.65 bits per heavy atom. The van der Waals surface area contributed by atoms with Crippen LogP contribution >= 0.6 is 11.3 Å². The quantitative estimate of drug-likeness (QED) is 0.460. The molecule has 4 aromatic rings. The number of rotatable bonds is 5. The molecule has 0 spiro atoms. The van der Waals surface area contributed by atoms with Gasteiger partial charge in [0.1, 0.15) is 16.7 Å². The SMILES string of the molecule is Cc1c(-c2[nH]c3sc(C4CCN(CC(=O)N(C)C)CC4)nc3c2C(C)C)cn2ncnc2c1C. The van der Waals surface area contributed by atoms with E-state index in [4.69, 9.17) is 4.98 Å². The molecule has 9 heteroatoms. The molecular formula is C25H33N7OS. The maximum Gasteiger partial charge on any atom is 0.236 e. The molecular weight excluding hydrogens is 446 g/mol. The molecule has 1 fully saturated rings. The number of likely N-dealkylation sites (N-methyl/N-ethyl adjacent to an activating group) is 1. The maximum absolute atomic E-state index is 12.1. The van der Waals surface area contributed by atoms with Crippen LogP contribution in [-0.4, -0.2) is 74.0 Å². The van der Waals surface area contributed by atoms with Crippen LogP contribution in [0.1, 0.15) is 60.2 Å². The van der Waals surface area contributed by atoms with Gasteiger partial charge in [-0.1, -0.05) is 13.8 Å². The van der Waals surface area contributed by atoms with E-state index >= 15 is 0 Å². The van der Waals surface area contributed by atoms with E-state index in [0.717, 1.165) is 58.7 Å². The Labute approximate surface area is 204 Å². The number of H-pyrrole nitrogens is 1. The van der Waals surface area contributed by atoms with Crippen LogP contribution in [0.15, 0.2) is 12.5 Å². The second kappa shape index (κ2) is 8.78. The van der Waals surface area contributed by atoms with Crippen molar-refractivity contribution >= 4 is 33.2 Å². The summed E-state index contributed by atoms with van der Waals surface area (Å²) >= 11 is 1.79. The van der Waals surface area contributed by atoms with Crippen molar-refractivity contribution in [2.24, 2.45) is 0 Å². The molecule has 1 N–H and O–H groups in total. The molecule has 0 bridgehead atoms. The van der Waals surface area contributed by atoms with Gasteiger partial charge in [0, 0.05) is 37.3 Å². The number of aromatic amines is 1. The first-order valence-corrected chi connectivity index (χ1v) is 12.8. The lowest BCUT2D eigenvalue weighted by molar-refractivity contribution is -0.130. The smallest absolute Gasteiger partial charge is 0.236 e. The number of hydrogen-bond donors (Lipinski definition) is 1. The molecule has 180 valence electrons. The number of fused-ring (bicyclic) bond motifs is 2. The average Bonchev–Trinajstić information content (AvgIpc) is 3.50. The van der Waals surface area contributed by atoms with Crippen LogP contribution in [0.4, 0.5) is 0 Å². The molecule has 4 aromatic heterocycles. The van der Waals surface area contributed by atoms with Gasteiger partial charge in [0.05, 0.1) is 17.2 Å². The van der Waals surface area contributed by atoms with Crippen LogP contribution in [0.5, 0.6) is 0 Å². The van der Waals surface area contributed by atoms with Crippen molar-refractivity contribution in [1.82, 2.24) is 34.4 Å². The summed E-state index contributed by atoms with van der Waals surface area (Å²) in [6.07, 6.45) is 5.78. The summed E-state index contributed by atoms with van der Waals surface area (Å²) in [7, 11) is 3.64. The predicted octanol–water partition coefficient (Wildman–Crippen LogP) is 4.34. The molecule has 0 radical (unpaired) electrons. The minimum absolute atomic E-state index is 0.171. The Morgan fingerprint density at radius 1 is 1.24 bits per heavy atom. The zero-order valence-corrected chi connectivity index (χ0v) is 21.7. The van der Waals surface area contributed by atoms with E-state index in [1.807, 2.05) is 18.6 Å². The Balaban J connectivity index is 1.45. The molecule has 1 saturated heterocycles. The Kier molecular flexibility index (Phi) is 5.93. The summed E-state index contributed by atoms with van der Waals surface area (Å²) < 4.78 is 1.87. The van der Waals surface area contributed by atoms with Crippen LogP contribution in [0.25, 0.3) is 27.3 Å². The average molecular weight is 480 g/mol. The van der Waals surface area contributed by atoms with Gasteiger partial charge in [0.2, 0.25) is 5.91 Å². The van der Waals surface area contributed by atoms with E-state index in [0.29, 0.717) is 18.4 Å². The van der Waals surface area contributed by atoms with Gasteiger partial charge in [-0.15, -0.1) is 11.3 Å². The van der Waals surface area contributed by atoms with Gasteiger partial charge in [-0.3, -0.25) is 9.69 Å². The van der Waals surface area contributed by atoms with Crippen molar-refractivity contribution in [1.29, 1.82) is 0 Å². The molecule has 5 heterocycles. The molecule has 1 aliphatic heterocycles. The molecule has 0 aliphatic carbocycles. The lowest BCUT2D eigenvalue weighted by Gasteiger charge is -2.31. The fourth-order valence-corrected chi connectivity index (χ4v) is 6.13. The lowest BCUT2D eigenvalue weighted by Crippen LogP contribution is -2.40. The first kappa shape index (κ1) is 23.0. The first-order chi connectivity index (χ1) is 16.2. The highest BCUT2D eigenvalue weighted by molar-refractivity contribution is 7.18. The molecule has 0 saturated carbocycles. The summed E-state index contributed by atoms with van der Waals surface area (Å²) in [4.78, 5) is 30.5. The standard InChI is InChI=1S/C25H33N7OS/c1-14(2)20-21(18-11-32-23(26-13-27-32)16(4)15(18)3)28-25-22(20)29-24(34-25)17-7-9-31(10-8-17)12-19(33)30(5)6/h11,13-14,17,28H,7-10,12H2,1-6H3. The van der Waals surface area contributed by atoms with Gasteiger partial charge < -0.3 is 9.88 Å². The monoisotopic (exact) mass is 479 g/mol. The maximum atomic E-state index is 12.1. The van der Waals surface area contributed by atoms with Gasteiger partial charge in [-0.2, -0.15) is 5.10 Å². The van der Waals surface area contributed by atoms with E-state index in [1.165, 1.54) is 16.1 Å². The molecule has 34 heavy (non-hydrogen) atoms. The normalized spacial score (nSPS) is 15.7. The van der Waals surface area contributed by atoms with Gasteiger partial charge in [-0.25, -0.2) is 14.5 Å². The third-order valence-corrected chi connectivity index (χ3v) is 8.31. The number of hydrogen-bond acceptors (Lipinski definition) is 6. The fraction of sp³-hybridized carbons (Fsp3) is 0.520. The van der Waals surface area contributed by atoms with Crippen molar-refractivity contribution in [2.45, 2.75) is 52.4 Å². The van der Waals surface area contributed by atoms with Crippen LogP contribution in [0, 0.1) is 13.8 Å². The van der Waals surface area contributed by atoms with Crippen molar-refractivity contribution in [3.63, 3.8) is 0 Å². The predicted molar refractivity (Wildman–Crippen MR) is 137 cm³/mol. The van der Waals surface area contributed by atoms with E-state index in [9.17, 15) is 4.79 Å². The number of nitrogens with one attached hydrogen (secondary N) is 1. The number of amides is 1. The minimum Gasteiger partial charge on any atom is -0.348 e. The third-order valence-electron chi connectivity index (χ3n) is 7.17. The molecule has 1 aliphatic rings. The molecule has 5 rings (SSSR count). The molecule has 0 atom stereocenters. The summed E-state index contributed by atoms with van der Waals surface area (Å²) in [5, 5.41) is 5.60. The summed E-state index contributed by atoms with van der Waals surface area (Å²) in [5.41, 5.74) is 7.95. The third kappa shape index (κ3) is 3.90. The van der Waals surface area contributed by atoms with Gasteiger partial charge in [0.25, 0.3) is 0 Å². The number of likely N-dealkylation sites (tertiary alicyclic amines) is 1. The van der Waals surface area contributed by atoms with Crippen molar-refractivity contribution < 1.29 is 4.79 Å². The lowest BCUT2D eigenvalue weighted by atomic mass is 9.95. The van der Waals surface area contributed by atoms with Crippen LogP contribution < -0.4 is 0 Å². The summed E-state index contributed by atoms with van der Waals surface area (Å²) in [6, 6.07) is 0. The Morgan fingerprint density at radius 2 is 1.97 bits per heavy atom. The van der Waals surface area contributed by atoms with Crippen LogP contribution in [0.3, 0.4) is 0 Å². The number of carbonyl (C=O) groups is 1. The zero-order chi connectivity index (χ0) is 24.1. The van der Waals surface area contributed by atoms with Crippen LogP contribution in [-0.2, 0) is 4.79 Å². The molecule has 1 amide bonds. The van der Waals surface area contributed by atoms with Gasteiger partial charge >= 0.3 is 0 Å². The highest BCUT2D eigenvalue weighted by Gasteiger charge is 2.28. The molecule has 8 nitrogen and oxygen atoms in total. The van der Waals surface area contributed by atoms with Crippen LogP contribution in [0.2, 0.25) is 0 Å². The molecule has 0 aromatic carbocycles. The zero-order valence-electron chi connectivity index (χ0n) is 20.8. The number of thiazole rings is 1. The fourth-order valence-electron chi connectivity index (χ4n) is 4.98. The van der Waals surface area contributed by atoms with E-state index in [1.54, 1.807) is 22.6 Å². The minimum atomic E-state index is 0.171. The van der Waals surface area contributed by atoms with E-state index in [-0.39, 0.29) is 5.91 Å². The number of nitrogens with zero attached hydrogens (tertiary/aromatic N) is 6. The molecule has 0 unspecified atom stereocenters. The number of piperidine rings is 1. The highest BCUT2D eigenvalue weighted by atomic mass is 32.1. The first-order valence-electron chi connectivity index (χ1n) is 12.0. The summed E-state index contributed by atoms with van der Waals surface area (Å²) in [6.45, 7) is 11.1.